The Balaban J connectivity index is 1.81. The molecule has 110 valence electrons. The van der Waals surface area contributed by atoms with Crippen molar-refractivity contribution in [2.45, 2.75) is 24.7 Å². The zero-order valence-corrected chi connectivity index (χ0v) is 12.0. The summed E-state index contributed by atoms with van der Waals surface area (Å²) in [5.41, 5.74) is 1.17. The number of nitrogens with one attached hydrogen (secondary N) is 1. The van der Waals surface area contributed by atoms with E-state index in [1.165, 1.54) is 5.56 Å². The molecule has 1 aromatic rings. The van der Waals surface area contributed by atoms with Crippen LogP contribution in [0.1, 0.15) is 24.4 Å². The average molecular weight is 279 g/mol. The van der Waals surface area contributed by atoms with Crippen LogP contribution in [0.15, 0.2) is 18.2 Å². The van der Waals surface area contributed by atoms with Gasteiger partial charge in [0.05, 0.1) is 27.4 Å². The van der Waals surface area contributed by atoms with Gasteiger partial charge >= 0.3 is 0 Å². The predicted octanol–water partition coefficient (Wildman–Crippen LogP) is 1.87. The summed E-state index contributed by atoms with van der Waals surface area (Å²) in [6.07, 6.45) is 1.72. The van der Waals surface area contributed by atoms with Crippen LogP contribution >= 0.6 is 0 Å². The Kier molecular flexibility index (Phi) is 3.83. The molecular formula is C15H21NO4. The molecule has 3 rings (SSSR count). The molecule has 5 nitrogen and oxygen atoms in total. The van der Waals surface area contributed by atoms with E-state index >= 15 is 0 Å². The van der Waals surface area contributed by atoms with Crippen molar-refractivity contribution in [1.82, 2.24) is 5.32 Å². The van der Waals surface area contributed by atoms with Crippen molar-refractivity contribution in [3.05, 3.63) is 23.8 Å². The normalized spacial score (nSPS) is 24.8. The lowest BCUT2D eigenvalue weighted by Gasteiger charge is -2.37. The molecule has 2 fully saturated rings. The van der Waals surface area contributed by atoms with Crippen molar-refractivity contribution in [2.75, 3.05) is 34.0 Å². The maximum atomic E-state index is 5.82. The molecule has 1 N–H and O–H groups in total. The van der Waals surface area contributed by atoms with Gasteiger partial charge in [-0.3, -0.25) is 0 Å². The SMILES string of the molecule is COc1ccc([C@@H]2CC3(CCN2)OCCO3)cc1OC. The molecule has 0 aliphatic carbocycles. The molecule has 0 bridgehead atoms. The minimum atomic E-state index is -0.400. The van der Waals surface area contributed by atoms with Crippen molar-refractivity contribution >= 4 is 0 Å². The van der Waals surface area contributed by atoms with E-state index < -0.39 is 5.79 Å². The highest BCUT2D eigenvalue weighted by atomic mass is 16.7. The predicted molar refractivity (Wildman–Crippen MR) is 74.2 cm³/mol. The van der Waals surface area contributed by atoms with E-state index in [1.54, 1.807) is 14.2 Å². The summed E-state index contributed by atoms with van der Waals surface area (Å²) >= 11 is 0. The number of hydrogen-bond acceptors (Lipinski definition) is 5. The molecular weight excluding hydrogens is 258 g/mol. The van der Waals surface area contributed by atoms with Crippen LogP contribution in [0.25, 0.3) is 0 Å². The topological polar surface area (TPSA) is 49.0 Å². The van der Waals surface area contributed by atoms with Crippen LogP contribution in [0.5, 0.6) is 11.5 Å². The third-order valence-electron chi connectivity index (χ3n) is 4.04. The first kappa shape index (κ1) is 13.7. The van der Waals surface area contributed by atoms with Crippen molar-refractivity contribution in [1.29, 1.82) is 0 Å². The molecule has 2 heterocycles. The zero-order valence-electron chi connectivity index (χ0n) is 12.0. The highest BCUT2D eigenvalue weighted by Crippen LogP contribution is 2.38. The molecule has 1 aromatic carbocycles. The molecule has 1 atom stereocenters. The number of piperidine rings is 1. The van der Waals surface area contributed by atoms with Gasteiger partial charge in [-0.1, -0.05) is 6.07 Å². The van der Waals surface area contributed by atoms with Gasteiger partial charge in [0.2, 0.25) is 0 Å². The summed E-state index contributed by atoms with van der Waals surface area (Å²) in [4.78, 5) is 0. The average Bonchev–Trinajstić information content (AvgIpc) is 2.94. The summed E-state index contributed by atoms with van der Waals surface area (Å²) < 4.78 is 22.3. The molecule has 1 spiro atoms. The minimum absolute atomic E-state index is 0.210. The maximum absolute atomic E-state index is 5.82. The van der Waals surface area contributed by atoms with Gasteiger partial charge in [-0.25, -0.2) is 0 Å². The first-order valence-corrected chi connectivity index (χ1v) is 6.99. The number of ether oxygens (including phenoxy) is 4. The van der Waals surface area contributed by atoms with Crippen LogP contribution in [-0.4, -0.2) is 39.8 Å². The molecule has 2 aliphatic rings. The number of hydrogen-bond donors (Lipinski definition) is 1. The van der Waals surface area contributed by atoms with Gasteiger partial charge in [0.1, 0.15) is 0 Å². The van der Waals surface area contributed by atoms with Gasteiger partial charge in [0.15, 0.2) is 17.3 Å². The number of benzene rings is 1. The van der Waals surface area contributed by atoms with Gasteiger partial charge in [-0.15, -0.1) is 0 Å². The lowest BCUT2D eigenvalue weighted by molar-refractivity contribution is -0.180. The molecule has 0 saturated carbocycles. The second kappa shape index (κ2) is 5.60. The first-order valence-electron chi connectivity index (χ1n) is 6.99. The second-order valence-corrected chi connectivity index (χ2v) is 5.18. The summed E-state index contributed by atoms with van der Waals surface area (Å²) in [6, 6.07) is 6.23. The van der Waals surface area contributed by atoms with Crippen LogP contribution in [0.4, 0.5) is 0 Å². The molecule has 0 aromatic heterocycles. The summed E-state index contributed by atoms with van der Waals surface area (Å²) in [7, 11) is 3.30. The Bertz CT molecular complexity index is 471. The lowest BCUT2D eigenvalue weighted by Crippen LogP contribution is -2.44. The zero-order chi connectivity index (χ0) is 14.0. The Morgan fingerprint density at radius 3 is 2.60 bits per heavy atom. The van der Waals surface area contributed by atoms with Gasteiger partial charge in [0, 0.05) is 25.4 Å². The van der Waals surface area contributed by atoms with Gasteiger partial charge in [-0.2, -0.15) is 0 Å². The maximum Gasteiger partial charge on any atom is 0.171 e. The molecule has 2 aliphatic heterocycles. The second-order valence-electron chi connectivity index (χ2n) is 5.18. The van der Waals surface area contributed by atoms with Gasteiger partial charge < -0.3 is 24.3 Å². The third-order valence-corrected chi connectivity index (χ3v) is 4.04. The Morgan fingerprint density at radius 1 is 1.15 bits per heavy atom. The molecule has 0 amide bonds. The highest BCUT2D eigenvalue weighted by Gasteiger charge is 2.41. The lowest BCUT2D eigenvalue weighted by atomic mass is 9.92. The van der Waals surface area contributed by atoms with E-state index in [9.17, 15) is 0 Å². The Labute approximate surface area is 119 Å². The molecule has 0 radical (unpaired) electrons. The monoisotopic (exact) mass is 279 g/mol. The largest absolute Gasteiger partial charge is 0.493 e. The fraction of sp³-hybridized carbons (Fsp3) is 0.600. The quantitative estimate of drug-likeness (QED) is 0.915. The van der Waals surface area contributed by atoms with Crippen LogP contribution in [0.3, 0.4) is 0 Å². The van der Waals surface area contributed by atoms with E-state index in [4.69, 9.17) is 18.9 Å². The fourth-order valence-corrected chi connectivity index (χ4v) is 2.99. The standard InChI is InChI=1S/C15H21NO4/c1-17-13-4-3-11(9-14(13)18-2)12-10-15(5-6-16-12)19-7-8-20-15/h3-4,9,12,16H,5-8,10H2,1-2H3/t12-/m0/s1. The van der Waals surface area contributed by atoms with Crippen LogP contribution in [0.2, 0.25) is 0 Å². The van der Waals surface area contributed by atoms with E-state index in [1.807, 2.05) is 12.1 Å². The van der Waals surface area contributed by atoms with Crippen molar-refractivity contribution in [3.8, 4) is 11.5 Å². The molecule has 5 heteroatoms. The fourth-order valence-electron chi connectivity index (χ4n) is 2.99. The molecule has 20 heavy (non-hydrogen) atoms. The van der Waals surface area contributed by atoms with Gasteiger partial charge in [-0.05, 0) is 17.7 Å². The first-order chi connectivity index (χ1) is 9.76. The highest BCUT2D eigenvalue weighted by molar-refractivity contribution is 5.44. The Morgan fingerprint density at radius 2 is 1.90 bits per heavy atom. The van der Waals surface area contributed by atoms with Crippen LogP contribution < -0.4 is 14.8 Å². The van der Waals surface area contributed by atoms with Crippen LogP contribution in [0, 0.1) is 0 Å². The molecule has 2 saturated heterocycles. The third kappa shape index (κ3) is 2.49. The van der Waals surface area contributed by atoms with E-state index in [0.29, 0.717) is 13.2 Å². The van der Waals surface area contributed by atoms with Crippen molar-refractivity contribution < 1.29 is 18.9 Å². The smallest absolute Gasteiger partial charge is 0.171 e. The van der Waals surface area contributed by atoms with Gasteiger partial charge in [0.25, 0.3) is 0 Å². The minimum Gasteiger partial charge on any atom is -0.493 e. The summed E-state index contributed by atoms with van der Waals surface area (Å²) in [5, 5.41) is 3.52. The van der Waals surface area contributed by atoms with E-state index in [0.717, 1.165) is 30.9 Å². The summed E-state index contributed by atoms with van der Waals surface area (Å²) in [5.74, 6) is 1.10. The number of rotatable bonds is 3. The summed E-state index contributed by atoms with van der Waals surface area (Å²) in [6.45, 7) is 2.27. The number of methoxy groups -OCH3 is 2. The van der Waals surface area contributed by atoms with Crippen molar-refractivity contribution in [2.24, 2.45) is 0 Å². The Hall–Kier alpha value is -1.30. The molecule has 0 unspecified atom stereocenters. The van der Waals surface area contributed by atoms with E-state index in [2.05, 4.69) is 11.4 Å². The van der Waals surface area contributed by atoms with E-state index in [-0.39, 0.29) is 6.04 Å². The van der Waals surface area contributed by atoms with Crippen molar-refractivity contribution in [3.63, 3.8) is 0 Å². The van der Waals surface area contributed by atoms with Crippen LogP contribution in [-0.2, 0) is 9.47 Å².